The van der Waals surface area contributed by atoms with E-state index in [1.807, 2.05) is 25.4 Å². The van der Waals surface area contributed by atoms with Gasteiger partial charge in [0.1, 0.15) is 0 Å². The summed E-state index contributed by atoms with van der Waals surface area (Å²) in [7, 11) is 1.94. The van der Waals surface area contributed by atoms with Crippen molar-refractivity contribution in [2.75, 3.05) is 31.6 Å². The zero-order chi connectivity index (χ0) is 13.0. The smallest absolute Gasteiger partial charge is 0.239 e. The molecule has 98 valence electrons. The average Bonchev–Trinajstić information content (AvgIpc) is 2.41. The number of rotatable bonds is 4. The standard InChI is InChI=1S/C13H20N4O/c1-3-11(14-2)12-5-4-10(8-16-12)17-7-6-15-13(18)9-17/h4-5,8,11,14H,3,6-7,9H2,1-2H3,(H,15,18). The summed E-state index contributed by atoms with van der Waals surface area (Å²) in [6.07, 6.45) is 2.86. The van der Waals surface area contributed by atoms with E-state index >= 15 is 0 Å². The summed E-state index contributed by atoms with van der Waals surface area (Å²) in [5.41, 5.74) is 2.06. The van der Waals surface area contributed by atoms with E-state index in [4.69, 9.17) is 0 Å². The van der Waals surface area contributed by atoms with Gasteiger partial charge in [-0.05, 0) is 25.6 Å². The van der Waals surface area contributed by atoms with Crippen molar-refractivity contribution in [1.29, 1.82) is 0 Å². The Balaban J connectivity index is 2.09. The molecule has 1 aromatic rings. The first-order valence-corrected chi connectivity index (χ1v) is 6.39. The lowest BCUT2D eigenvalue weighted by Gasteiger charge is -2.28. The van der Waals surface area contributed by atoms with Crippen LogP contribution < -0.4 is 15.5 Å². The molecule has 5 nitrogen and oxygen atoms in total. The number of piperazine rings is 1. The average molecular weight is 248 g/mol. The fourth-order valence-corrected chi connectivity index (χ4v) is 2.21. The Morgan fingerprint density at radius 1 is 1.56 bits per heavy atom. The SMILES string of the molecule is CCC(NC)c1ccc(N2CCNC(=O)C2)cn1. The second-order valence-corrected chi connectivity index (χ2v) is 4.46. The lowest BCUT2D eigenvalue weighted by atomic mass is 10.1. The first-order valence-electron chi connectivity index (χ1n) is 6.39. The van der Waals surface area contributed by atoms with Gasteiger partial charge in [-0.2, -0.15) is 0 Å². The minimum atomic E-state index is 0.0759. The molecule has 0 radical (unpaired) electrons. The molecular weight excluding hydrogens is 228 g/mol. The van der Waals surface area contributed by atoms with Crippen molar-refractivity contribution < 1.29 is 4.79 Å². The zero-order valence-electron chi connectivity index (χ0n) is 10.9. The van der Waals surface area contributed by atoms with Gasteiger partial charge >= 0.3 is 0 Å². The van der Waals surface area contributed by atoms with Crippen molar-refractivity contribution in [2.24, 2.45) is 0 Å². The number of pyridine rings is 1. The fourth-order valence-electron chi connectivity index (χ4n) is 2.21. The Labute approximate surface area is 108 Å². The largest absolute Gasteiger partial charge is 0.359 e. The van der Waals surface area contributed by atoms with E-state index in [0.29, 0.717) is 19.1 Å². The van der Waals surface area contributed by atoms with Crippen LogP contribution in [0.5, 0.6) is 0 Å². The molecular formula is C13H20N4O. The highest BCUT2D eigenvalue weighted by molar-refractivity contribution is 5.82. The maximum Gasteiger partial charge on any atom is 0.239 e. The van der Waals surface area contributed by atoms with Crippen molar-refractivity contribution in [3.63, 3.8) is 0 Å². The summed E-state index contributed by atoms with van der Waals surface area (Å²) in [6.45, 7) is 4.10. The number of aromatic nitrogens is 1. The van der Waals surface area contributed by atoms with E-state index in [2.05, 4.69) is 27.4 Å². The number of amides is 1. The summed E-state index contributed by atoms with van der Waals surface area (Å²) < 4.78 is 0. The van der Waals surface area contributed by atoms with Gasteiger partial charge in [-0.3, -0.25) is 9.78 Å². The van der Waals surface area contributed by atoms with Crippen molar-refractivity contribution in [1.82, 2.24) is 15.6 Å². The number of nitrogens with zero attached hydrogens (tertiary/aromatic N) is 2. The Bertz CT molecular complexity index is 400. The third-order valence-corrected chi connectivity index (χ3v) is 3.29. The van der Waals surface area contributed by atoms with Gasteiger partial charge in [0.2, 0.25) is 5.91 Å². The third kappa shape index (κ3) is 2.79. The predicted molar refractivity (Wildman–Crippen MR) is 71.6 cm³/mol. The molecule has 1 fully saturated rings. The Morgan fingerprint density at radius 2 is 2.39 bits per heavy atom. The van der Waals surface area contributed by atoms with Crippen molar-refractivity contribution >= 4 is 11.6 Å². The highest BCUT2D eigenvalue weighted by Crippen LogP contribution is 2.18. The number of hydrogen-bond acceptors (Lipinski definition) is 4. The molecule has 1 unspecified atom stereocenters. The summed E-state index contributed by atoms with van der Waals surface area (Å²) in [6, 6.07) is 4.37. The number of carbonyl (C=O) groups is 1. The number of carbonyl (C=O) groups excluding carboxylic acids is 1. The van der Waals surface area contributed by atoms with Crippen LogP contribution in [0.1, 0.15) is 25.1 Å². The zero-order valence-corrected chi connectivity index (χ0v) is 10.9. The Morgan fingerprint density at radius 3 is 2.94 bits per heavy atom. The van der Waals surface area contributed by atoms with Crippen LogP contribution in [0, 0.1) is 0 Å². The van der Waals surface area contributed by atoms with Crippen molar-refractivity contribution in [3.8, 4) is 0 Å². The van der Waals surface area contributed by atoms with Crippen molar-refractivity contribution in [2.45, 2.75) is 19.4 Å². The van der Waals surface area contributed by atoms with Crippen LogP contribution in [0.25, 0.3) is 0 Å². The van der Waals surface area contributed by atoms with Crippen molar-refractivity contribution in [3.05, 3.63) is 24.0 Å². The molecule has 5 heteroatoms. The second-order valence-electron chi connectivity index (χ2n) is 4.46. The molecule has 2 N–H and O–H groups in total. The van der Waals surface area contributed by atoms with Gasteiger partial charge in [-0.1, -0.05) is 6.92 Å². The molecule has 1 saturated heterocycles. The maximum absolute atomic E-state index is 11.3. The quantitative estimate of drug-likeness (QED) is 0.823. The summed E-state index contributed by atoms with van der Waals surface area (Å²) in [5, 5.41) is 6.05. The molecule has 0 spiro atoms. The minimum Gasteiger partial charge on any atom is -0.359 e. The first-order chi connectivity index (χ1) is 8.74. The lowest BCUT2D eigenvalue weighted by Crippen LogP contribution is -2.47. The van der Waals surface area contributed by atoms with Crippen LogP contribution in [-0.2, 0) is 4.79 Å². The molecule has 0 saturated carbocycles. The molecule has 1 aliphatic heterocycles. The Kier molecular flexibility index (Phi) is 4.15. The van der Waals surface area contributed by atoms with Gasteiger partial charge in [0.15, 0.2) is 0 Å². The maximum atomic E-state index is 11.3. The number of hydrogen-bond donors (Lipinski definition) is 2. The highest BCUT2D eigenvalue weighted by Gasteiger charge is 2.17. The van der Waals surface area contributed by atoms with Gasteiger partial charge in [0.25, 0.3) is 0 Å². The summed E-state index contributed by atoms with van der Waals surface area (Å²) >= 11 is 0. The third-order valence-electron chi connectivity index (χ3n) is 3.29. The van der Waals surface area contributed by atoms with Crippen LogP contribution in [0.4, 0.5) is 5.69 Å². The van der Waals surface area contributed by atoms with E-state index in [1.54, 1.807) is 0 Å². The van der Waals surface area contributed by atoms with E-state index in [9.17, 15) is 4.79 Å². The van der Waals surface area contributed by atoms with E-state index in [-0.39, 0.29) is 5.91 Å². The number of nitrogens with one attached hydrogen (secondary N) is 2. The summed E-state index contributed by atoms with van der Waals surface area (Å²) in [4.78, 5) is 17.9. The lowest BCUT2D eigenvalue weighted by molar-refractivity contribution is -0.120. The predicted octanol–water partition coefficient (Wildman–Crippen LogP) is 0.688. The van der Waals surface area contributed by atoms with Crippen LogP contribution in [-0.4, -0.2) is 37.6 Å². The molecule has 0 bridgehead atoms. The van der Waals surface area contributed by atoms with Gasteiger partial charge in [0.05, 0.1) is 24.1 Å². The number of anilines is 1. The molecule has 0 aromatic carbocycles. The molecule has 1 amide bonds. The van der Waals surface area contributed by atoms with Gasteiger partial charge in [-0.15, -0.1) is 0 Å². The molecule has 18 heavy (non-hydrogen) atoms. The molecule has 2 rings (SSSR count). The first kappa shape index (κ1) is 12.8. The van der Waals surface area contributed by atoms with Gasteiger partial charge in [0, 0.05) is 19.1 Å². The van der Waals surface area contributed by atoms with E-state index < -0.39 is 0 Å². The monoisotopic (exact) mass is 248 g/mol. The van der Waals surface area contributed by atoms with Crippen LogP contribution in [0.2, 0.25) is 0 Å². The van der Waals surface area contributed by atoms with E-state index in [1.165, 1.54) is 0 Å². The summed E-state index contributed by atoms with van der Waals surface area (Å²) in [5.74, 6) is 0.0759. The van der Waals surface area contributed by atoms with Gasteiger partial charge in [-0.25, -0.2) is 0 Å². The van der Waals surface area contributed by atoms with Gasteiger partial charge < -0.3 is 15.5 Å². The van der Waals surface area contributed by atoms with Crippen LogP contribution >= 0.6 is 0 Å². The topological polar surface area (TPSA) is 57.3 Å². The Hall–Kier alpha value is -1.62. The molecule has 1 aromatic heterocycles. The fraction of sp³-hybridized carbons (Fsp3) is 0.538. The molecule has 1 aliphatic rings. The van der Waals surface area contributed by atoms with E-state index in [0.717, 1.165) is 24.3 Å². The molecule has 1 atom stereocenters. The van der Waals surface area contributed by atoms with Crippen LogP contribution in [0.15, 0.2) is 18.3 Å². The molecule has 2 heterocycles. The molecule has 0 aliphatic carbocycles. The second kappa shape index (κ2) is 5.82. The minimum absolute atomic E-state index is 0.0759. The normalized spacial score (nSPS) is 17.4. The van der Waals surface area contributed by atoms with Crippen LogP contribution in [0.3, 0.4) is 0 Å². The highest BCUT2D eigenvalue weighted by atomic mass is 16.2.